The fourth-order valence-electron chi connectivity index (χ4n) is 4.91. The molecule has 5 rings (SSSR count). The number of nitrogens with zero attached hydrogens (tertiary/aromatic N) is 1. The van der Waals surface area contributed by atoms with Gasteiger partial charge in [0, 0.05) is 11.3 Å². The third-order valence-electron chi connectivity index (χ3n) is 6.36. The maximum Gasteiger partial charge on any atom is 0.260 e. The summed E-state index contributed by atoms with van der Waals surface area (Å²) in [5.74, 6) is 1.19. The first-order valence-corrected chi connectivity index (χ1v) is 11.9. The molecule has 0 aromatic heterocycles. The van der Waals surface area contributed by atoms with Crippen molar-refractivity contribution in [3.63, 3.8) is 0 Å². The Labute approximate surface area is 210 Å². The number of amides is 1. The molecule has 36 heavy (non-hydrogen) atoms. The number of aliphatic hydroxyl groups is 2. The van der Waals surface area contributed by atoms with Gasteiger partial charge in [-0.25, -0.2) is 0 Å². The predicted molar refractivity (Wildman–Crippen MR) is 138 cm³/mol. The summed E-state index contributed by atoms with van der Waals surface area (Å²) in [7, 11) is 0. The summed E-state index contributed by atoms with van der Waals surface area (Å²) >= 11 is 0. The van der Waals surface area contributed by atoms with Crippen LogP contribution < -0.4 is 14.4 Å². The van der Waals surface area contributed by atoms with Crippen molar-refractivity contribution in [2.24, 2.45) is 0 Å². The molecule has 1 amide bonds. The van der Waals surface area contributed by atoms with Crippen LogP contribution in [0.5, 0.6) is 11.5 Å². The average molecular weight is 482 g/mol. The number of hydrogen-bond acceptors (Lipinski definition) is 5. The first-order chi connectivity index (χ1) is 17.7. The van der Waals surface area contributed by atoms with Gasteiger partial charge in [-0.3, -0.25) is 9.69 Å². The van der Waals surface area contributed by atoms with Gasteiger partial charge in [0.2, 0.25) is 0 Å². The van der Waals surface area contributed by atoms with Crippen LogP contribution in [0.15, 0.2) is 103 Å². The lowest BCUT2D eigenvalue weighted by Crippen LogP contribution is -2.46. The number of hydrogen-bond donors (Lipinski definition) is 2. The van der Waals surface area contributed by atoms with Crippen molar-refractivity contribution in [3.8, 4) is 11.5 Å². The van der Waals surface area contributed by atoms with Crippen molar-refractivity contribution in [2.75, 3.05) is 31.3 Å². The number of carbonyl (C=O) groups excluding carboxylic acids is 1. The van der Waals surface area contributed by atoms with E-state index in [-0.39, 0.29) is 32.3 Å². The Hall–Kier alpha value is -4.13. The Bertz CT molecular complexity index is 1270. The van der Waals surface area contributed by atoms with E-state index in [1.807, 2.05) is 108 Å². The number of fused-ring (bicyclic) bond motifs is 1. The molecule has 0 radical (unpaired) electrons. The van der Waals surface area contributed by atoms with Gasteiger partial charge in [-0.05, 0) is 59.2 Å². The van der Waals surface area contributed by atoms with Gasteiger partial charge in [-0.15, -0.1) is 0 Å². The van der Waals surface area contributed by atoms with Gasteiger partial charge in [0.25, 0.3) is 5.91 Å². The van der Waals surface area contributed by atoms with Crippen LogP contribution in [0.2, 0.25) is 0 Å². The number of para-hydroxylation sites is 1. The molecular formula is C30H27NO5. The Morgan fingerprint density at radius 3 is 1.67 bits per heavy atom. The summed E-state index contributed by atoms with van der Waals surface area (Å²) < 4.78 is 11.2. The second-order valence-electron chi connectivity index (χ2n) is 8.42. The van der Waals surface area contributed by atoms with Gasteiger partial charge in [-0.1, -0.05) is 60.7 Å². The lowest BCUT2D eigenvalue weighted by molar-refractivity contribution is 0.0986. The molecule has 0 fully saturated rings. The summed E-state index contributed by atoms with van der Waals surface area (Å²) in [6, 6.07) is 32.7. The van der Waals surface area contributed by atoms with Crippen molar-refractivity contribution in [3.05, 3.63) is 125 Å². The summed E-state index contributed by atoms with van der Waals surface area (Å²) in [5, 5.41) is 18.3. The quantitative estimate of drug-likeness (QED) is 0.371. The molecule has 0 saturated heterocycles. The highest BCUT2D eigenvalue weighted by atomic mass is 16.5. The molecule has 0 spiro atoms. The molecule has 6 heteroatoms. The van der Waals surface area contributed by atoms with Gasteiger partial charge in [0.15, 0.2) is 0 Å². The van der Waals surface area contributed by atoms with Crippen LogP contribution in [-0.2, 0) is 5.54 Å². The minimum atomic E-state index is -0.944. The highest BCUT2D eigenvalue weighted by Gasteiger charge is 2.52. The Balaban J connectivity index is 1.75. The number of aliphatic hydroxyl groups excluding tert-OH is 2. The summed E-state index contributed by atoms with van der Waals surface area (Å²) in [4.78, 5) is 15.8. The molecule has 4 aromatic rings. The molecule has 6 nitrogen and oxygen atoms in total. The van der Waals surface area contributed by atoms with E-state index < -0.39 is 5.54 Å². The van der Waals surface area contributed by atoms with Crippen molar-refractivity contribution in [1.82, 2.24) is 0 Å². The number of benzene rings is 4. The monoisotopic (exact) mass is 481 g/mol. The number of ether oxygens (including phenoxy) is 2. The van der Waals surface area contributed by atoms with E-state index in [0.717, 1.165) is 22.4 Å². The fraction of sp³-hybridized carbons (Fsp3) is 0.167. The van der Waals surface area contributed by atoms with Crippen molar-refractivity contribution >= 4 is 11.6 Å². The predicted octanol–water partition coefficient (Wildman–Crippen LogP) is 4.38. The number of carbonyl (C=O) groups is 1. The topological polar surface area (TPSA) is 79.2 Å². The normalized spacial score (nSPS) is 13.9. The molecule has 0 atom stereocenters. The first kappa shape index (κ1) is 23.6. The molecule has 0 bridgehead atoms. The second kappa shape index (κ2) is 10.2. The van der Waals surface area contributed by atoms with Crippen LogP contribution in [0.1, 0.15) is 27.0 Å². The lowest BCUT2D eigenvalue weighted by atomic mass is 9.76. The van der Waals surface area contributed by atoms with Gasteiger partial charge in [0.05, 0.1) is 13.2 Å². The Morgan fingerprint density at radius 2 is 1.14 bits per heavy atom. The lowest BCUT2D eigenvalue weighted by Gasteiger charge is -2.40. The zero-order chi connectivity index (χ0) is 25.0. The third kappa shape index (κ3) is 4.00. The SMILES string of the molecule is O=C1c2ccccc2C(c2ccc(OCCO)cc2)(c2ccc(OCCO)cc2)N1c1ccccc1. The molecule has 1 heterocycles. The van der Waals surface area contributed by atoms with Crippen LogP contribution in [-0.4, -0.2) is 42.5 Å². The molecule has 2 N–H and O–H groups in total. The van der Waals surface area contributed by atoms with E-state index in [4.69, 9.17) is 19.7 Å². The summed E-state index contributed by atoms with van der Waals surface area (Å²) in [6.45, 7) is 0.272. The smallest absolute Gasteiger partial charge is 0.260 e. The van der Waals surface area contributed by atoms with Gasteiger partial charge >= 0.3 is 0 Å². The van der Waals surface area contributed by atoms with Crippen LogP contribution in [0.3, 0.4) is 0 Å². The van der Waals surface area contributed by atoms with E-state index in [1.54, 1.807) is 0 Å². The van der Waals surface area contributed by atoms with Crippen molar-refractivity contribution in [1.29, 1.82) is 0 Å². The summed E-state index contributed by atoms with van der Waals surface area (Å²) in [5.41, 5.74) is 3.14. The molecule has 1 aliphatic rings. The highest BCUT2D eigenvalue weighted by molar-refractivity contribution is 6.13. The summed E-state index contributed by atoms with van der Waals surface area (Å²) in [6.07, 6.45) is 0. The highest BCUT2D eigenvalue weighted by Crippen LogP contribution is 2.51. The molecular weight excluding hydrogens is 454 g/mol. The van der Waals surface area contributed by atoms with E-state index >= 15 is 0 Å². The maximum absolute atomic E-state index is 14.0. The number of rotatable bonds is 9. The third-order valence-corrected chi connectivity index (χ3v) is 6.36. The number of anilines is 1. The average Bonchev–Trinajstić information content (AvgIpc) is 3.21. The zero-order valence-corrected chi connectivity index (χ0v) is 19.7. The molecule has 4 aromatic carbocycles. The second-order valence-corrected chi connectivity index (χ2v) is 8.42. The first-order valence-electron chi connectivity index (χ1n) is 11.9. The van der Waals surface area contributed by atoms with Crippen LogP contribution in [0.4, 0.5) is 5.69 Å². The molecule has 182 valence electrons. The Morgan fingerprint density at radius 1 is 0.639 bits per heavy atom. The molecule has 1 aliphatic heterocycles. The zero-order valence-electron chi connectivity index (χ0n) is 19.7. The van der Waals surface area contributed by atoms with E-state index in [9.17, 15) is 4.79 Å². The van der Waals surface area contributed by atoms with Crippen molar-refractivity contribution in [2.45, 2.75) is 5.54 Å². The molecule has 0 unspecified atom stereocenters. The minimum absolute atomic E-state index is 0.0694. The molecule has 0 saturated carbocycles. The van der Waals surface area contributed by atoms with E-state index in [1.165, 1.54) is 0 Å². The molecule has 0 aliphatic carbocycles. The Kier molecular flexibility index (Phi) is 6.71. The van der Waals surface area contributed by atoms with Crippen LogP contribution in [0.25, 0.3) is 0 Å². The van der Waals surface area contributed by atoms with Gasteiger partial charge in [-0.2, -0.15) is 0 Å². The van der Waals surface area contributed by atoms with Crippen LogP contribution in [0, 0.1) is 0 Å². The largest absolute Gasteiger partial charge is 0.491 e. The van der Waals surface area contributed by atoms with Gasteiger partial charge < -0.3 is 19.7 Å². The van der Waals surface area contributed by atoms with E-state index in [2.05, 4.69) is 0 Å². The maximum atomic E-state index is 14.0. The standard InChI is InChI=1S/C30H27NO5/c32-18-20-35-25-14-10-22(11-15-25)30(23-12-16-26(17-13-23)36-21-19-33)28-9-5-4-8-27(28)29(34)31(30)24-6-2-1-3-7-24/h1-17,32-33H,18-21H2. The fourth-order valence-corrected chi connectivity index (χ4v) is 4.91. The van der Waals surface area contributed by atoms with Crippen LogP contribution >= 0.6 is 0 Å². The van der Waals surface area contributed by atoms with Gasteiger partial charge in [0.1, 0.15) is 30.3 Å². The van der Waals surface area contributed by atoms with E-state index in [0.29, 0.717) is 17.1 Å². The van der Waals surface area contributed by atoms with Crippen molar-refractivity contribution < 1.29 is 24.5 Å². The minimum Gasteiger partial charge on any atom is -0.491 e.